The Bertz CT molecular complexity index is 385. The maximum atomic E-state index is 5.74. The van der Waals surface area contributed by atoms with Gasteiger partial charge in [-0.3, -0.25) is 4.99 Å². The second kappa shape index (κ2) is 8.40. The molecule has 3 N–H and O–H groups in total. The Morgan fingerprint density at radius 1 is 1.32 bits per heavy atom. The molecule has 0 fully saturated rings. The Morgan fingerprint density at radius 3 is 2.63 bits per heavy atom. The van der Waals surface area contributed by atoms with Crippen molar-refractivity contribution in [3.8, 4) is 5.75 Å². The summed E-state index contributed by atoms with van der Waals surface area (Å²) in [6.07, 6.45) is 1.06. The Labute approximate surface area is 116 Å². The fraction of sp³-hybridized carbons (Fsp3) is 0.533. The van der Waals surface area contributed by atoms with Crippen LogP contribution in [0, 0.1) is 12.8 Å². The standard InChI is InChI=1S/C15H25N3O/c1-12(2)8-9-17-15(16)18-10-11-19-14-6-4-13(3)5-7-14/h4-7,12H,8-11H2,1-3H3,(H3,16,17,18). The quantitative estimate of drug-likeness (QED) is 0.451. The van der Waals surface area contributed by atoms with E-state index < -0.39 is 0 Å². The molecular formula is C15H25N3O. The molecule has 0 unspecified atom stereocenters. The third kappa shape index (κ3) is 7.34. The van der Waals surface area contributed by atoms with Gasteiger partial charge >= 0.3 is 0 Å². The molecular weight excluding hydrogens is 238 g/mol. The second-order valence-corrected chi connectivity index (χ2v) is 5.04. The lowest BCUT2D eigenvalue weighted by Gasteiger charge is -2.08. The van der Waals surface area contributed by atoms with Gasteiger partial charge in [-0.05, 0) is 31.4 Å². The maximum Gasteiger partial charge on any atom is 0.188 e. The molecule has 0 saturated carbocycles. The topological polar surface area (TPSA) is 59.6 Å². The number of benzene rings is 1. The lowest BCUT2D eigenvalue weighted by Crippen LogP contribution is -2.34. The van der Waals surface area contributed by atoms with Gasteiger partial charge in [0.05, 0.1) is 6.54 Å². The predicted molar refractivity (Wildman–Crippen MR) is 80.6 cm³/mol. The van der Waals surface area contributed by atoms with Gasteiger partial charge in [0.15, 0.2) is 5.96 Å². The van der Waals surface area contributed by atoms with E-state index in [1.54, 1.807) is 0 Å². The summed E-state index contributed by atoms with van der Waals surface area (Å²) in [5, 5.41) is 3.04. The summed E-state index contributed by atoms with van der Waals surface area (Å²) in [6.45, 7) is 8.41. The van der Waals surface area contributed by atoms with E-state index in [4.69, 9.17) is 10.5 Å². The van der Waals surface area contributed by atoms with Crippen molar-refractivity contribution in [3.05, 3.63) is 29.8 Å². The number of guanidine groups is 1. The molecule has 0 aliphatic carbocycles. The minimum absolute atomic E-state index is 0.494. The Hall–Kier alpha value is -1.71. The number of aliphatic imine (C=N–C) groups is 1. The highest BCUT2D eigenvalue weighted by Gasteiger charge is 1.95. The zero-order chi connectivity index (χ0) is 14.1. The maximum absolute atomic E-state index is 5.74. The summed E-state index contributed by atoms with van der Waals surface area (Å²) in [5.74, 6) is 2.03. The first kappa shape index (κ1) is 15.3. The second-order valence-electron chi connectivity index (χ2n) is 5.04. The third-order valence-electron chi connectivity index (χ3n) is 2.69. The molecule has 4 heteroatoms. The minimum Gasteiger partial charge on any atom is -0.492 e. The molecule has 1 aromatic rings. The average Bonchev–Trinajstić information content (AvgIpc) is 2.36. The number of nitrogens with two attached hydrogens (primary N) is 1. The zero-order valence-corrected chi connectivity index (χ0v) is 12.1. The normalized spacial score (nSPS) is 11.7. The Balaban J connectivity index is 2.14. The van der Waals surface area contributed by atoms with E-state index in [1.807, 2.05) is 24.3 Å². The van der Waals surface area contributed by atoms with Crippen molar-refractivity contribution in [1.29, 1.82) is 0 Å². The molecule has 0 heterocycles. The smallest absolute Gasteiger partial charge is 0.188 e. The number of hydrogen-bond donors (Lipinski definition) is 2. The van der Waals surface area contributed by atoms with Gasteiger partial charge in [0.1, 0.15) is 12.4 Å². The summed E-state index contributed by atoms with van der Waals surface area (Å²) in [7, 11) is 0. The van der Waals surface area contributed by atoms with Gasteiger partial charge < -0.3 is 15.8 Å². The van der Waals surface area contributed by atoms with Crippen LogP contribution in [0.25, 0.3) is 0 Å². The lowest BCUT2D eigenvalue weighted by atomic mass is 10.1. The molecule has 0 bridgehead atoms. The first-order valence-electron chi connectivity index (χ1n) is 6.81. The molecule has 0 spiro atoms. The van der Waals surface area contributed by atoms with Crippen molar-refractivity contribution in [2.45, 2.75) is 27.2 Å². The molecule has 0 aromatic heterocycles. The van der Waals surface area contributed by atoms with Crippen LogP contribution in [0.2, 0.25) is 0 Å². The van der Waals surface area contributed by atoms with Gasteiger partial charge in [0, 0.05) is 6.54 Å². The zero-order valence-electron chi connectivity index (χ0n) is 12.1. The van der Waals surface area contributed by atoms with Gasteiger partial charge in [-0.25, -0.2) is 0 Å². The highest BCUT2D eigenvalue weighted by atomic mass is 16.5. The molecule has 4 nitrogen and oxygen atoms in total. The van der Waals surface area contributed by atoms with Crippen LogP contribution in [-0.2, 0) is 0 Å². The van der Waals surface area contributed by atoms with Crippen molar-refractivity contribution < 1.29 is 4.74 Å². The number of ether oxygens (including phenoxy) is 1. The van der Waals surface area contributed by atoms with Gasteiger partial charge in [0.25, 0.3) is 0 Å². The van der Waals surface area contributed by atoms with Crippen molar-refractivity contribution in [2.24, 2.45) is 16.6 Å². The summed E-state index contributed by atoms with van der Waals surface area (Å²) in [4.78, 5) is 4.25. The number of nitrogens with zero attached hydrogens (tertiary/aromatic N) is 1. The van der Waals surface area contributed by atoms with Crippen LogP contribution < -0.4 is 15.8 Å². The van der Waals surface area contributed by atoms with Gasteiger partial charge in [-0.15, -0.1) is 0 Å². The van der Waals surface area contributed by atoms with E-state index in [9.17, 15) is 0 Å². The highest BCUT2D eigenvalue weighted by molar-refractivity contribution is 5.77. The van der Waals surface area contributed by atoms with Crippen LogP contribution in [0.4, 0.5) is 0 Å². The predicted octanol–water partition coefficient (Wildman–Crippen LogP) is 2.32. The van der Waals surface area contributed by atoms with Crippen molar-refractivity contribution in [1.82, 2.24) is 5.32 Å². The fourth-order valence-electron chi connectivity index (χ4n) is 1.48. The monoisotopic (exact) mass is 263 g/mol. The molecule has 0 atom stereocenters. The third-order valence-corrected chi connectivity index (χ3v) is 2.69. The molecule has 0 aliphatic rings. The van der Waals surface area contributed by atoms with Crippen molar-refractivity contribution in [2.75, 3.05) is 19.7 Å². The SMILES string of the molecule is Cc1ccc(OCCNC(N)=NCCC(C)C)cc1. The van der Waals surface area contributed by atoms with Crippen LogP contribution in [-0.4, -0.2) is 25.7 Å². The van der Waals surface area contributed by atoms with Crippen LogP contribution in [0.5, 0.6) is 5.75 Å². The first-order chi connectivity index (χ1) is 9.08. The molecule has 0 saturated heterocycles. The number of nitrogens with one attached hydrogen (secondary N) is 1. The fourth-order valence-corrected chi connectivity index (χ4v) is 1.48. The number of rotatable bonds is 7. The molecule has 1 rings (SSSR count). The average molecular weight is 263 g/mol. The van der Waals surface area contributed by atoms with Crippen LogP contribution in [0.3, 0.4) is 0 Å². The van der Waals surface area contributed by atoms with Crippen molar-refractivity contribution >= 4 is 5.96 Å². The minimum atomic E-state index is 0.494. The van der Waals surface area contributed by atoms with Crippen LogP contribution >= 0.6 is 0 Å². The van der Waals surface area contributed by atoms with Gasteiger partial charge in [-0.2, -0.15) is 0 Å². The van der Waals surface area contributed by atoms with E-state index in [1.165, 1.54) is 5.56 Å². The van der Waals surface area contributed by atoms with Crippen LogP contribution in [0.15, 0.2) is 29.3 Å². The van der Waals surface area contributed by atoms with E-state index in [0.29, 0.717) is 25.0 Å². The molecule has 1 aromatic carbocycles. The lowest BCUT2D eigenvalue weighted by molar-refractivity contribution is 0.322. The molecule has 0 amide bonds. The number of hydrogen-bond acceptors (Lipinski definition) is 2. The van der Waals surface area contributed by atoms with E-state index >= 15 is 0 Å². The summed E-state index contributed by atoms with van der Waals surface area (Å²) in [6, 6.07) is 8.00. The Kier molecular flexibility index (Phi) is 6.79. The van der Waals surface area contributed by atoms with Crippen LogP contribution in [0.1, 0.15) is 25.8 Å². The molecule has 106 valence electrons. The van der Waals surface area contributed by atoms with E-state index in [2.05, 4.69) is 31.1 Å². The van der Waals surface area contributed by atoms with E-state index in [0.717, 1.165) is 18.7 Å². The molecule has 0 aliphatic heterocycles. The molecule has 19 heavy (non-hydrogen) atoms. The summed E-state index contributed by atoms with van der Waals surface area (Å²) >= 11 is 0. The largest absolute Gasteiger partial charge is 0.492 e. The summed E-state index contributed by atoms with van der Waals surface area (Å²) < 4.78 is 5.58. The number of aryl methyl sites for hydroxylation is 1. The summed E-state index contributed by atoms with van der Waals surface area (Å²) in [5.41, 5.74) is 6.97. The van der Waals surface area contributed by atoms with Gasteiger partial charge in [-0.1, -0.05) is 31.5 Å². The van der Waals surface area contributed by atoms with Gasteiger partial charge in [0.2, 0.25) is 0 Å². The highest BCUT2D eigenvalue weighted by Crippen LogP contribution is 2.10. The van der Waals surface area contributed by atoms with Crippen molar-refractivity contribution in [3.63, 3.8) is 0 Å². The molecule has 0 radical (unpaired) electrons. The van der Waals surface area contributed by atoms with E-state index in [-0.39, 0.29) is 0 Å². The Morgan fingerprint density at radius 2 is 2.00 bits per heavy atom. The first-order valence-corrected chi connectivity index (χ1v) is 6.81.